The molecule has 0 amide bonds. The summed E-state index contributed by atoms with van der Waals surface area (Å²) in [5.74, 6) is -0.429. The first-order chi connectivity index (χ1) is 9.95. The highest BCUT2D eigenvalue weighted by Gasteiger charge is 2.12. The molecule has 0 unspecified atom stereocenters. The Hall–Kier alpha value is -1.10. The number of halogens is 4. The molecule has 0 aliphatic heterocycles. The summed E-state index contributed by atoms with van der Waals surface area (Å²) in [7, 11) is 0. The molecule has 108 valence electrons. The molecule has 0 aliphatic carbocycles. The van der Waals surface area contributed by atoms with Gasteiger partial charge in [-0.25, -0.2) is 9.37 Å². The minimum absolute atomic E-state index is 0.104. The fourth-order valence-corrected chi connectivity index (χ4v) is 2.97. The number of nitrogens with zero attached hydrogens (tertiary/aromatic N) is 2. The highest BCUT2D eigenvalue weighted by molar-refractivity contribution is 9.10. The second-order valence-electron chi connectivity index (χ2n) is 4.81. The maximum Gasteiger partial charge on any atom is 0.204 e. The van der Waals surface area contributed by atoms with Gasteiger partial charge in [0, 0.05) is 4.47 Å². The number of fused-ring (bicyclic) bond motifs is 1. The van der Waals surface area contributed by atoms with Gasteiger partial charge in [0.1, 0.15) is 5.82 Å². The third-order valence-corrected chi connectivity index (χ3v) is 4.74. The lowest BCUT2D eigenvalue weighted by Gasteiger charge is -2.08. The first-order valence-electron chi connectivity index (χ1n) is 6.21. The lowest BCUT2D eigenvalue weighted by molar-refractivity contribution is 0.627. The molecule has 0 spiro atoms. The van der Waals surface area contributed by atoms with Gasteiger partial charge in [0.2, 0.25) is 5.28 Å². The zero-order valence-electron chi connectivity index (χ0n) is 11.0. The van der Waals surface area contributed by atoms with Gasteiger partial charge in [0.15, 0.2) is 0 Å². The van der Waals surface area contributed by atoms with Crippen molar-refractivity contribution in [2.24, 2.45) is 0 Å². The van der Waals surface area contributed by atoms with Crippen molar-refractivity contribution in [2.75, 3.05) is 0 Å². The van der Waals surface area contributed by atoms with Crippen LogP contribution < -0.4 is 0 Å². The minimum atomic E-state index is -0.429. The van der Waals surface area contributed by atoms with Crippen molar-refractivity contribution in [3.63, 3.8) is 0 Å². The molecule has 0 atom stereocenters. The maximum absolute atomic E-state index is 13.2. The van der Waals surface area contributed by atoms with E-state index in [1.165, 1.54) is 6.07 Å². The molecule has 1 heterocycles. The molecule has 0 saturated heterocycles. The van der Waals surface area contributed by atoms with E-state index < -0.39 is 5.82 Å². The minimum Gasteiger partial charge on any atom is -0.310 e. The standard InChI is InChI=1S/C15H10BrCl2FN2/c1-8-4-14-13(6-10(8)16)20-15(18)21(14)7-9-2-3-12(19)11(17)5-9/h2-6H,7H2,1H3. The molecule has 0 aliphatic rings. The van der Waals surface area contributed by atoms with Gasteiger partial charge in [0.25, 0.3) is 0 Å². The Balaban J connectivity index is 2.09. The molecule has 1 aromatic heterocycles. The third kappa shape index (κ3) is 2.80. The number of rotatable bonds is 2. The second-order valence-corrected chi connectivity index (χ2v) is 6.41. The Kier molecular flexibility index (Phi) is 3.95. The SMILES string of the molecule is Cc1cc2c(cc1Br)nc(Cl)n2Cc1ccc(F)c(Cl)c1. The van der Waals surface area contributed by atoms with E-state index >= 15 is 0 Å². The molecule has 0 bridgehead atoms. The number of benzene rings is 2. The third-order valence-electron chi connectivity index (χ3n) is 3.31. The van der Waals surface area contributed by atoms with Crippen molar-refractivity contribution >= 4 is 50.2 Å². The van der Waals surface area contributed by atoms with Gasteiger partial charge in [-0.3, -0.25) is 0 Å². The van der Waals surface area contributed by atoms with E-state index in [0.29, 0.717) is 11.8 Å². The predicted octanol–water partition coefficient (Wildman–Crippen LogP) is 5.60. The zero-order chi connectivity index (χ0) is 15.1. The van der Waals surface area contributed by atoms with Gasteiger partial charge < -0.3 is 4.57 Å². The summed E-state index contributed by atoms with van der Waals surface area (Å²) in [4.78, 5) is 4.34. The summed E-state index contributed by atoms with van der Waals surface area (Å²) in [5.41, 5.74) is 3.70. The Morgan fingerprint density at radius 3 is 2.71 bits per heavy atom. The Bertz CT molecular complexity index is 845. The fourth-order valence-electron chi connectivity index (χ4n) is 2.19. The van der Waals surface area contributed by atoms with Crippen molar-refractivity contribution in [1.29, 1.82) is 0 Å². The zero-order valence-corrected chi connectivity index (χ0v) is 14.1. The molecule has 0 saturated carbocycles. The van der Waals surface area contributed by atoms with Crippen LogP contribution in [0.4, 0.5) is 4.39 Å². The molecular formula is C15H10BrCl2FN2. The first-order valence-corrected chi connectivity index (χ1v) is 7.76. The molecule has 2 aromatic carbocycles. The van der Waals surface area contributed by atoms with Crippen LogP contribution in [0.3, 0.4) is 0 Å². The normalized spacial score (nSPS) is 11.3. The molecule has 21 heavy (non-hydrogen) atoms. The van der Waals surface area contributed by atoms with Gasteiger partial charge >= 0.3 is 0 Å². The van der Waals surface area contributed by atoms with Crippen molar-refractivity contribution in [2.45, 2.75) is 13.5 Å². The van der Waals surface area contributed by atoms with Crippen LogP contribution in [0, 0.1) is 12.7 Å². The van der Waals surface area contributed by atoms with Gasteiger partial charge in [-0.15, -0.1) is 0 Å². The topological polar surface area (TPSA) is 17.8 Å². The molecule has 0 radical (unpaired) electrons. The molecule has 3 rings (SSSR count). The lowest BCUT2D eigenvalue weighted by Crippen LogP contribution is -2.00. The van der Waals surface area contributed by atoms with Crippen molar-refractivity contribution in [3.8, 4) is 0 Å². The molecule has 0 fully saturated rings. The summed E-state index contributed by atoms with van der Waals surface area (Å²) in [6, 6.07) is 8.60. The van der Waals surface area contributed by atoms with Gasteiger partial charge in [0.05, 0.1) is 22.6 Å². The predicted molar refractivity (Wildman–Crippen MR) is 87.7 cm³/mol. The van der Waals surface area contributed by atoms with E-state index in [-0.39, 0.29) is 5.02 Å². The lowest BCUT2D eigenvalue weighted by atomic mass is 10.2. The summed E-state index contributed by atoms with van der Waals surface area (Å²) in [6.07, 6.45) is 0. The van der Waals surface area contributed by atoms with Gasteiger partial charge in [-0.1, -0.05) is 33.6 Å². The number of aromatic nitrogens is 2. The Morgan fingerprint density at radius 1 is 1.24 bits per heavy atom. The van der Waals surface area contributed by atoms with Crippen LogP contribution >= 0.6 is 39.1 Å². The van der Waals surface area contributed by atoms with Crippen molar-refractivity contribution in [1.82, 2.24) is 9.55 Å². The molecule has 2 nitrogen and oxygen atoms in total. The van der Waals surface area contributed by atoms with E-state index in [9.17, 15) is 4.39 Å². The van der Waals surface area contributed by atoms with E-state index in [1.807, 2.05) is 23.6 Å². The largest absolute Gasteiger partial charge is 0.310 e. The molecular weight excluding hydrogens is 378 g/mol. The average molecular weight is 388 g/mol. The average Bonchev–Trinajstić information content (AvgIpc) is 2.71. The highest BCUT2D eigenvalue weighted by Crippen LogP contribution is 2.27. The van der Waals surface area contributed by atoms with Crippen LogP contribution in [-0.4, -0.2) is 9.55 Å². The van der Waals surface area contributed by atoms with E-state index in [1.54, 1.807) is 12.1 Å². The van der Waals surface area contributed by atoms with Crippen molar-refractivity contribution in [3.05, 3.63) is 62.1 Å². The number of aryl methyl sites for hydroxylation is 1. The summed E-state index contributed by atoms with van der Waals surface area (Å²) in [6.45, 7) is 2.49. The number of hydrogen-bond acceptors (Lipinski definition) is 1. The van der Waals surface area contributed by atoms with E-state index in [2.05, 4.69) is 20.9 Å². The fraction of sp³-hybridized carbons (Fsp3) is 0.133. The Labute approximate surface area is 139 Å². The first kappa shape index (κ1) is 14.8. The summed E-state index contributed by atoms with van der Waals surface area (Å²) in [5, 5.41) is 0.495. The van der Waals surface area contributed by atoms with Crippen LogP contribution in [-0.2, 0) is 6.54 Å². The summed E-state index contributed by atoms with van der Waals surface area (Å²) < 4.78 is 16.1. The van der Waals surface area contributed by atoms with Crippen LogP contribution in [0.5, 0.6) is 0 Å². The second kappa shape index (κ2) is 5.59. The maximum atomic E-state index is 13.2. The number of hydrogen-bond donors (Lipinski definition) is 0. The summed E-state index contributed by atoms with van der Waals surface area (Å²) >= 11 is 15.5. The van der Waals surface area contributed by atoms with Crippen LogP contribution in [0.2, 0.25) is 10.3 Å². The monoisotopic (exact) mass is 386 g/mol. The van der Waals surface area contributed by atoms with Crippen molar-refractivity contribution < 1.29 is 4.39 Å². The quantitative estimate of drug-likeness (QED) is 0.559. The van der Waals surface area contributed by atoms with Gasteiger partial charge in [-0.05, 0) is 53.9 Å². The Morgan fingerprint density at radius 2 is 2.00 bits per heavy atom. The van der Waals surface area contributed by atoms with Crippen LogP contribution in [0.25, 0.3) is 11.0 Å². The highest BCUT2D eigenvalue weighted by atomic mass is 79.9. The van der Waals surface area contributed by atoms with E-state index in [0.717, 1.165) is 26.6 Å². The molecule has 0 N–H and O–H groups in total. The molecule has 3 aromatic rings. The van der Waals surface area contributed by atoms with E-state index in [4.69, 9.17) is 23.2 Å². The van der Waals surface area contributed by atoms with Crippen LogP contribution in [0.15, 0.2) is 34.8 Å². The van der Waals surface area contributed by atoms with Crippen LogP contribution in [0.1, 0.15) is 11.1 Å². The molecule has 6 heteroatoms. The number of imidazole rings is 1. The van der Waals surface area contributed by atoms with Gasteiger partial charge in [-0.2, -0.15) is 0 Å². The smallest absolute Gasteiger partial charge is 0.204 e.